The molecule has 31 heavy (non-hydrogen) atoms. The highest BCUT2D eigenvalue weighted by atomic mass is 16.5. The standard InChI is InChI=1S/C24H34N2O5/c1-16(18-9-11-20(28-5)22(13-18)30-7)25(3)15-24(27)26(4)17(2)19-10-12-21(29-6)23(14-19)31-8/h9-14,16-17H,15H2,1-8H3/p+1/t16-,17-/m0/s1. The van der Waals surface area contributed by atoms with Gasteiger partial charge in [-0.25, -0.2) is 0 Å². The number of methoxy groups -OCH3 is 4. The largest absolute Gasteiger partial charge is 0.493 e. The Labute approximate surface area is 185 Å². The summed E-state index contributed by atoms with van der Waals surface area (Å²) < 4.78 is 21.4. The Morgan fingerprint density at radius 1 is 0.839 bits per heavy atom. The molecule has 0 aromatic heterocycles. The number of carbonyl (C=O) groups is 1. The summed E-state index contributed by atoms with van der Waals surface area (Å²) >= 11 is 0. The van der Waals surface area contributed by atoms with Crippen molar-refractivity contribution in [2.24, 2.45) is 0 Å². The minimum absolute atomic E-state index is 0.0621. The van der Waals surface area contributed by atoms with Crippen LogP contribution in [0, 0.1) is 0 Å². The molecule has 0 bridgehead atoms. The van der Waals surface area contributed by atoms with Crippen molar-refractivity contribution in [2.45, 2.75) is 25.9 Å². The number of hydrogen-bond donors (Lipinski definition) is 1. The van der Waals surface area contributed by atoms with Crippen LogP contribution in [0.25, 0.3) is 0 Å². The summed E-state index contributed by atoms with van der Waals surface area (Å²) in [5.41, 5.74) is 2.07. The Bertz CT molecular complexity index is 886. The first-order valence-corrected chi connectivity index (χ1v) is 10.3. The Kier molecular flexibility index (Phi) is 8.56. The summed E-state index contributed by atoms with van der Waals surface area (Å²) in [4.78, 5) is 15.9. The Balaban J connectivity index is 2.09. The number of carbonyl (C=O) groups excluding carboxylic acids is 1. The number of benzene rings is 2. The lowest BCUT2D eigenvalue weighted by Crippen LogP contribution is -3.10. The van der Waals surface area contributed by atoms with Crippen LogP contribution < -0.4 is 23.8 Å². The van der Waals surface area contributed by atoms with E-state index in [9.17, 15) is 4.79 Å². The van der Waals surface area contributed by atoms with E-state index in [1.54, 1.807) is 33.3 Å². The van der Waals surface area contributed by atoms with Crippen molar-refractivity contribution in [1.29, 1.82) is 0 Å². The van der Waals surface area contributed by atoms with E-state index in [1.807, 2.05) is 57.4 Å². The zero-order valence-corrected chi connectivity index (χ0v) is 19.8. The number of hydrogen-bond acceptors (Lipinski definition) is 5. The summed E-state index contributed by atoms with van der Waals surface area (Å²) in [6.07, 6.45) is 0. The summed E-state index contributed by atoms with van der Waals surface area (Å²) in [7, 11) is 10.3. The van der Waals surface area contributed by atoms with Crippen LogP contribution in [-0.2, 0) is 4.79 Å². The van der Waals surface area contributed by atoms with Crippen LogP contribution in [0.1, 0.15) is 37.1 Å². The molecule has 0 aliphatic carbocycles. The zero-order chi connectivity index (χ0) is 23.1. The van der Waals surface area contributed by atoms with Crippen molar-refractivity contribution < 1.29 is 28.6 Å². The predicted octanol–water partition coefficient (Wildman–Crippen LogP) is 2.52. The van der Waals surface area contributed by atoms with Crippen LogP contribution in [0.2, 0.25) is 0 Å². The highest BCUT2D eigenvalue weighted by Crippen LogP contribution is 2.31. The normalized spacial score (nSPS) is 13.7. The maximum Gasteiger partial charge on any atom is 0.278 e. The molecule has 7 heteroatoms. The van der Waals surface area contributed by atoms with E-state index in [1.165, 1.54) is 0 Å². The Hall–Kier alpha value is -2.93. The number of nitrogens with one attached hydrogen (secondary N) is 1. The Morgan fingerprint density at radius 2 is 1.29 bits per heavy atom. The second kappa shape index (κ2) is 10.9. The van der Waals surface area contributed by atoms with E-state index in [0.29, 0.717) is 29.5 Å². The van der Waals surface area contributed by atoms with Crippen molar-refractivity contribution in [1.82, 2.24) is 4.90 Å². The molecule has 0 aliphatic heterocycles. The van der Waals surface area contributed by atoms with Gasteiger partial charge in [0.2, 0.25) is 0 Å². The van der Waals surface area contributed by atoms with E-state index in [2.05, 4.69) is 6.92 Å². The van der Waals surface area contributed by atoms with Crippen molar-refractivity contribution in [3.05, 3.63) is 47.5 Å². The molecule has 2 rings (SSSR count). The average molecular weight is 432 g/mol. The van der Waals surface area contributed by atoms with Gasteiger partial charge in [-0.1, -0.05) is 6.07 Å². The van der Waals surface area contributed by atoms with Crippen LogP contribution in [0.15, 0.2) is 36.4 Å². The van der Waals surface area contributed by atoms with Crippen molar-refractivity contribution >= 4 is 5.91 Å². The molecule has 2 aromatic carbocycles. The number of amides is 1. The average Bonchev–Trinajstić information content (AvgIpc) is 2.81. The topological polar surface area (TPSA) is 61.7 Å². The first kappa shape index (κ1) is 24.3. The molecule has 2 aromatic rings. The van der Waals surface area contributed by atoms with Gasteiger partial charge in [-0.3, -0.25) is 4.79 Å². The maximum atomic E-state index is 13.0. The third kappa shape index (κ3) is 5.61. The molecule has 0 saturated carbocycles. The summed E-state index contributed by atoms with van der Waals surface area (Å²) in [6.45, 7) is 4.47. The molecule has 0 fully saturated rings. The molecule has 7 nitrogen and oxygen atoms in total. The summed E-state index contributed by atoms with van der Waals surface area (Å²) in [5, 5.41) is 0. The van der Waals surface area contributed by atoms with E-state index in [4.69, 9.17) is 18.9 Å². The molecule has 0 heterocycles. The number of rotatable bonds is 10. The van der Waals surface area contributed by atoms with Crippen molar-refractivity contribution in [3.8, 4) is 23.0 Å². The van der Waals surface area contributed by atoms with E-state index < -0.39 is 0 Å². The van der Waals surface area contributed by atoms with Crippen LogP contribution in [0.4, 0.5) is 0 Å². The van der Waals surface area contributed by atoms with Crippen LogP contribution in [-0.4, -0.2) is 59.9 Å². The molecule has 1 amide bonds. The highest BCUT2D eigenvalue weighted by molar-refractivity contribution is 5.77. The van der Waals surface area contributed by atoms with Gasteiger partial charge in [0.05, 0.1) is 41.5 Å². The smallest absolute Gasteiger partial charge is 0.278 e. The quantitative estimate of drug-likeness (QED) is 0.626. The van der Waals surface area contributed by atoms with Gasteiger partial charge < -0.3 is 28.7 Å². The number of ether oxygens (including phenoxy) is 4. The van der Waals surface area contributed by atoms with Gasteiger partial charge in [0.15, 0.2) is 29.5 Å². The van der Waals surface area contributed by atoms with Crippen LogP contribution >= 0.6 is 0 Å². The molecule has 1 N–H and O–H groups in total. The molecule has 0 radical (unpaired) electrons. The highest BCUT2D eigenvalue weighted by Gasteiger charge is 2.25. The number of nitrogens with zero attached hydrogens (tertiary/aromatic N) is 1. The summed E-state index contributed by atoms with van der Waals surface area (Å²) in [6, 6.07) is 11.6. The molecule has 170 valence electrons. The molecule has 0 saturated heterocycles. The monoisotopic (exact) mass is 431 g/mol. The molecule has 1 unspecified atom stereocenters. The Morgan fingerprint density at radius 3 is 1.77 bits per heavy atom. The lowest BCUT2D eigenvalue weighted by molar-refractivity contribution is -0.902. The lowest BCUT2D eigenvalue weighted by Gasteiger charge is -2.29. The second-order valence-corrected chi connectivity index (χ2v) is 7.65. The van der Waals surface area contributed by atoms with Gasteiger partial charge >= 0.3 is 0 Å². The first-order chi connectivity index (χ1) is 14.8. The van der Waals surface area contributed by atoms with E-state index in [0.717, 1.165) is 16.0 Å². The predicted molar refractivity (Wildman–Crippen MR) is 120 cm³/mol. The number of quaternary nitrogens is 1. The fraction of sp³-hybridized carbons (Fsp3) is 0.458. The van der Waals surface area contributed by atoms with Gasteiger partial charge in [-0.05, 0) is 49.7 Å². The SMILES string of the molecule is COc1ccc([C@H](C)N(C)C(=O)C[NH+](C)[C@@H](C)c2ccc(OC)c(OC)c2)cc1OC. The lowest BCUT2D eigenvalue weighted by atomic mass is 10.1. The third-order valence-electron chi connectivity index (χ3n) is 5.94. The first-order valence-electron chi connectivity index (χ1n) is 10.3. The number of likely N-dealkylation sites (N-methyl/N-ethyl adjacent to an activating group) is 2. The van der Waals surface area contributed by atoms with Gasteiger partial charge in [0.25, 0.3) is 5.91 Å². The van der Waals surface area contributed by atoms with Crippen molar-refractivity contribution in [3.63, 3.8) is 0 Å². The summed E-state index contributed by atoms with van der Waals surface area (Å²) in [5.74, 6) is 2.76. The third-order valence-corrected chi connectivity index (χ3v) is 5.94. The minimum atomic E-state index is -0.100. The molecule has 0 aliphatic rings. The van der Waals surface area contributed by atoms with Crippen molar-refractivity contribution in [2.75, 3.05) is 49.1 Å². The van der Waals surface area contributed by atoms with E-state index in [-0.39, 0.29) is 18.0 Å². The molecular weight excluding hydrogens is 396 g/mol. The van der Waals surface area contributed by atoms with Gasteiger partial charge in [0.1, 0.15) is 6.04 Å². The molecule has 3 atom stereocenters. The fourth-order valence-electron chi connectivity index (χ4n) is 3.48. The van der Waals surface area contributed by atoms with Gasteiger partial charge in [0, 0.05) is 12.6 Å². The maximum absolute atomic E-state index is 13.0. The molecule has 0 spiro atoms. The van der Waals surface area contributed by atoms with Crippen LogP contribution in [0.3, 0.4) is 0 Å². The van der Waals surface area contributed by atoms with Gasteiger partial charge in [-0.15, -0.1) is 0 Å². The minimum Gasteiger partial charge on any atom is -0.493 e. The van der Waals surface area contributed by atoms with Crippen LogP contribution in [0.5, 0.6) is 23.0 Å². The van der Waals surface area contributed by atoms with E-state index >= 15 is 0 Å². The second-order valence-electron chi connectivity index (χ2n) is 7.65. The van der Waals surface area contributed by atoms with Gasteiger partial charge in [-0.2, -0.15) is 0 Å². The fourth-order valence-corrected chi connectivity index (χ4v) is 3.48. The zero-order valence-electron chi connectivity index (χ0n) is 19.8. The molecular formula is C24H35N2O5+.